The van der Waals surface area contributed by atoms with Crippen molar-refractivity contribution in [3.05, 3.63) is 23.9 Å². The topological polar surface area (TPSA) is 45.7 Å². The molecule has 1 aromatic rings. The lowest BCUT2D eigenvalue weighted by Gasteiger charge is -2.27. The molecule has 0 unspecified atom stereocenters. The Morgan fingerprint density at radius 2 is 2.12 bits per heavy atom. The van der Waals surface area contributed by atoms with Crippen molar-refractivity contribution in [1.82, 2.24) is 9.88 Å². The standard InChI is InChI=1S/C20H33N3O2/c1-6-8-13-22-14-9-10-17(22)16-11-12-18(21-15-16)23(7-2)19(24)25-20(3,4)5/h11-12,15,17H,6-10,13-14H2,1-5H3/t17-/m1/s1. The molecule has 0 aromatic carbocycles. The van der Waals surface area contributed by atoms with E-state index in [2.05, 4.69) is 22.9 Å². The van der Waals surface area contributed by atoms with Gasteiger partial charge in [-0.05, 0) is 71.7 Å². The summed E-state index contributed by atoms with van der Waals surface area (Å²) in [6.07, 6.45) is 6.48. The van der Waals surface area contributed by atoms with Gasteiger partial charge in [0.05, 0.1) is 0 Å². The van der Waals surface area contributed by atoms with Gasteiger partial charge >= 0.3 is 6.09 Å². The fraction of sp³-hybridized carbons (Fsp3) is 0.700. The van der Waals surface area contributed by atoms with E-state index in [9.17, 15) is 4.79 Å². The molecular formula is C20H33N3O2. The number of anilines is 1. The second-order valence-electron chi connectivity index (χ2n) is 7.72. The quantitative estimate of drug-likeness (QED) is 0.743. The van der Waals surface area contributed by atoms with Crippen LogP contribution in [0.5, 0.6) is 0 Å². The first kappa shape index (κ1) is 19.7. The van der Waals surface area contributed by atoms with Gasteiger partial charge in [-0.1, -0.05) is 19.4 Å². The van der Waals surface area contributed by atoms with Crippen LogP contribution in [-0.2, 0) is 4.74 Å². The van der Waals surface area contributed by atoms with Crippen LogP contribution in [0.3, 0.4) is 0 Å². The monoisotopic (exact) mass is 347 g/mol. The van der Waals surface area contributed by atoms with E-state index in [1.54, 1.807) is 4.90 Å². The zero-order chi connectivity index (χ0) is 18.4. The molecule has 0 N–H and O–H groups in total. The molecule has 1 aliphatic heterocycles. The molecule has 1 saturated heterocycles. The maximum absolute atomic E-state index is 12.4. The van der Waals surface area contributed by atoms with Crippen LogP contribution >= 0.6 is 0 Å². The maximum Gasteiger partial charge on any atom is 0.415 e. The summed E-state index contributed by atoms with van der Waals surface area (Å²) in [5.41, 5.74) is 0.742. The zero-order valence-corrected chi connectivity index (χ0v) is 16.4. The summed E-state index contributed by atoms with van der Waals surface area (Å²) in [6.45, 7) is 12.7. The van der Waals surface area contributed by atoms with E-state index >= 15 is 0 Å². The smallest absolute Gasteiger partial charge is 0.415 e. The largest absolute Gasteiger partial charge is 0.443 e. The van der Waals surface area contributed by atoms with Crippen LogP contribution in [0.15, 0.2) is 18.3 Å². The molecule has 0 aliphatic carbocycles. The van der Waals surface area contributed by atoms with E-state index < -0.39 is 5.60 Å². The van der Waals surface area contributed by atoms with Crippen molar-refractivity contribution < 1.29 is 9.53 Å². The van der Waals surface area contributed by atoms with Crippen LogP contribution in [0, 0.1) is 0 Å². The minimum absolute atomic E-state index is 0.347. The lowest BCUT2D eigenvalue weighted by molar-refractivity contribution is 0.0581. The third-order valence-electron chi connectivity index (χ3n) is 4.52. The molecule has 140 valence electrons. The fourth-order valence-corrected chi connectivity index (χ4v) is 3.29. The molecule has 25 heavy (non-hydrogen) atoms. The van der Waals surface area contributed by atoms with Gasteiger partial charge in [-0.3, -0.25) is 9.80 Å². The van der Waals surface area contributed by atoms with E-state index in [4.69, 9.17) is 4.74 Å². The summed E-state index contributed by atoms with van der Waals surface area (Å²) < 4.78 is 5.48. The van der Waals surface area contributed by atoms with Gasteiger partial charge in [0, 0.05) is 18.8 Å². The van der Waals surface area contributed by atoms with E-state index in [1.807, 2.05) is 40.0 Å². The Morgan fingerprint density at radius 1 is 1.36 bits per heavy atom. The molecule has 0 saturated carbocycles. The molecule has 1 fully saturated rings. The predicted molar refractivity (Wildman–Crippen MR) is 102 cm³/mol. The number of pyridine rings is 1. The van der Waals surface area contributed by atoms with Gasteiger partial charge in [-0.15, -0.1) is 0 Å². The number of ether oxygens (including phenoxy) is 1. The zero-order valence-electron chi connectivity index (χ0n) is 16.4. The Bertz CT molecular complexity index is 551. The minimum atomic E-state index is -0.506. The number of nitrogens with zero attached hydrogens (tertiary/aromatic N) is 3. The van der Waals surface area contributed by atoms with E-state index in [-0.39, 0.29) is 6.09 Å². The average Bonchev–Trinajstić information content (AvgIpc) is 3.01. The van der Waals surface area contributed by atoms with Crippen molar-refractivity contribution in [2.45, 2.75) is 71.9 Å². The number of likely N-dealkylation sites (tertiary alicyclic amines) is 1. The summed E-state index contributed by atoms with van der Waals surface area (Å²) in [4.78, 5) is 21.1. The number of carbonyl (C=O) groups excluding carboxylic acids is 1. The first-order valence-corrected chi connectivity index (χ1v) is 9.56. The number of unbranched alkanes of at least 4 members (excludes halogenated alkanes) is 1. The highest BCUT2D eigenvalue weighted by Gasteiger charge is 2.27. The van der Waals surface area contributed by atoms with Crippen molar-refractivity contribution >= 4 is 11.9 Å². The van der Waals surface area contributed by atoms with Gasteiger partial charge < -0.3 is 4.74 Å². The van der Waals surface area contributed by atoms with Crippen LogP contribution in [0.25, 0.3) is 0 Å². The third-order valence-corrected chi connectivity index (χ3v) is 4.52. The Hall–Kier alpha value is -1.62. The molecule has 5 heteroatoms. The molecule has 1 amide bonds. The molecule has 0 spiro atoms. The Morgan fingerprint density at radius 3 is 2.68 bits per heavy atom. The van der Waals surface area contributed by atoms with Gasteiger partial charge in [-0.25, -0.2) is 9.78 Å². The summed E-state index contributed by atoms with van der Waals surface area (Å²) in [5.74, 6) is 0.651. The van der Waals surface area contributed by atoms with Crippen LogP contribution in [0.4, 0.5) is 10.6 Å². The van der Waals surface area contributed by atoms with Crippen molar-refractivity contribution in [2.24, 2.45) is 0 Å². The van der Waals surface area contributed by atoms with Crippen molar-refractivity contribution in [1.29, 1.82) is 0 Å². The van der Waals surface area contributed by atoms with Gasteiger partial charge in [0.2, 0.25) is 0 Å². The van der Waals surface area contributed by atoms with Crippen molar-refractivity contribution in [3.63, 3.8) is 0 Å². The highest BCUT2D eigenvalue weighted by Crippen LogP contribution is 2.32. The van der Waals surface area contributed by atoms with Crippen LogP contribution in [-0.4, -0.2) is 41.2 Å². The van der Waals surface area contributed by atoms with E-state index in [0.29, 0.717) is 18.4 Å². The minimum Gasteiger partial charge on any atom is -0.443 e. The first-order valence-electron chi connectivity index (χ1n) is 9.56. The highest BCUT2D eigenvalue weighted by molar-refractivity contribution is 5.86. The summed E-state index contributed by atoms with van der Waals surface area (Å²) >= 11 is 0. The van der Waals surface area contributed by atoms with Gasteiger partial charge in [0.15, 0.2) is 0 Å². The summed E-state index contributed by atoms with van der Waals surface area (Å²) in [7, 11) is 0. The summed E-state index contributed by atoms with van der Waals surface area (Å²) in [5, 5.41) is 0. The second kappa shape index (κ2) is 8.65. The average molecular weight is 348 g/mol. The third kappa shape index (κ3) is 5.43. The first-order chi connectivity index (χ1) is 11.9. The van der Waals surface area contributed by atoms with Crippen molar-refractivity contribution in [3.8, 4) is 0 Å². The highest BCUT2D eigenvalue weighted by atomic mass is 16.6. The van der Waals surface area contributed by atoms with E-state index in [1.165, 1.54) is 37.8 Å². The molecule has 2 rings (SSSR count). The number of aromatic nitrogens is 1. The predicted octanol–water partition coefficient (Wildman–Crippen LogP) is 4.78. The molecule has 1 aromatic heterocycles. The Kier molecular flexibility index (Phi) is 6.82. The van der Waals surface area contributed by atoms with E-state index in [0.717, 1.165) is 6.54 Å². The van der Waals surface area contributed by atoms with Gasteiger partial charge in [-0.2, -0.15) is 0 Å². The number of amides is 1. The SMILES string of the molecule is CCCCN1CCC[C@@H]1c1ccc(N(CC)C(=O)OC(C)(C)C)nc1. The Balaban J connectivity index is 2.08. The van der Waals surface area contributed by atoms with Crippen LogP contribution < -0.4 is 4.90 Å². The number of carbonyl (C=O) groups is 1. The molecule has 2 heterocycles. The molecule has 0 radical (unpaired) electrons. The number of hydrogen-bond acceptors (Lipinski definition) is 4. The van der Waals surface area contributed by atoms with Crippen LogP contribution in [0.1, 0.15) is 71.9 Å². The molecule has 1 aliphatic rings. The number of rotatable bonds is 6. The van der Waals surface area contributed by atoms with Gasteiger partial charge in [0.25, 0.3) is 0 Å². The summed E-state index contributed by atoms with van der Waals surface area (Å²) in [6, 6.07) is 4.52. The second-order valence-corrected chi connectivity index (χ2v) is 7.72. The fourth-order valence-electron chi connectivity index (χ4n) is 3.29. The number of hydrogen-bond donors (Lipinski definition) is 0. The Labute approximate surface area is 152 Å². The molecule has 1 atom stereocenters. The molecule has 5 nitrogen and oxygen atoms in total. The van der Waals surface area contributed by atoms with Gasteiger partial charge in [0.1, 0.15) is 11.4 Å². The van der Waals surface area contributed by atoms with Crippen molar-refractivity contribution in [2.75, 3.05) is 24.5 Å². The molecule has 0 bridgehead atoms. The normalized spacial score (nSPS) is 18.4. The lowest BCUT2D eigenvalue weighted by atomic mass is 10.1. The lowest BCUT2D eigenvalue weighted by Crippen LogP contribution is -2.37. The van der Waals surface area contributed by atoms with Crippen LogP contribution in [0.2, 0.25) is 0 Å². The molecular weight excluding hydrogens is 314 g/mol. The maximum atomic E-state index is 12.4.